The van der Waals surface area contributed by atoms with Crippen LogP contribution in [-0.2, 0) is 9.84 Å². The summed E-state index contributed by atoms with van der Waals surface area (Å²) in [5.41, 5.74) is 0.693. The van der Waals surface area contributed by atoms with Crippen molar-refractivity contribution in [1.29, 1.82) is 0 Å². The molecule has 0 spiro atoms. The lowest BCUT2D eigenvalue weighted by Crippen LogP contribution is -2.01. The number of thiol groups is 1. The normalized spacial score (nSPS) is 17.7. The van der Waals surface area contributed by atoms with Gasteiger partial charge in [0.05, 0.1) is 9.80 Å². The molecule has 2 rings (SSSR count). The monoisotopic (exact) mass is 246 g/mol. The molecule has 1 aromatic rings. The van der Waals surface area contributed by atoms with Crippen molar-refractivity contribution < 1.29 is 8.42 Å². The van der Waals surface area contributed by atoms with E-state index in [9.17, 15) is 8.42 Å². The fourth-order valence-corrected chi connectivity index (χ4v) is 3.67. The fourth-order valence-electron chi connectivity index (χ4n) is 1.38. The summed E-state index contributed by atoms with van der Waals surface area (Å²) in [5.74, 6) is 0.217. The Kier molecular flexibility index (Phi) is 2.37. The van der Waals surface area contributed by atoms with Gasteiger partial charge in [-0.25, -0.2) is 8.42 Å². The first-order valence-corrected chi connectivity index (χ1v) is 6.41. The second kappa shape index (κ2) is 3.29. The highest BCUT2D eigenvalue weighted by molar-refractivity contribution is 7.97. The molecular formula is C9H7ClO2S2. The lowest BCUT2D eigenvalue weighted by Gasteiger charge is -2.00. The Bertz CT molecular complexity index is 518. The van der Waals surface area contributed by atoms with Crippen molar-refractivity contribution in [1.82, 2.24) is 0 Å². The Balaban J connectivity index is 2.71. The average molecular weight is 247 g/mol. The van der Waals surface area contributed by atoms with Gasteiger partial charge < -0.3 is 0 Å². The van der Waals surface area contributed by atoms with E-state index in [0.717, 1.165) is 0 Å². The van der Waals surface area contributed by atoms with Crippen LogP contribution in [0.5, 0.6) is 0 Å². The molecule has 1 aliphatic heterocycles. The summed E-state index contributed by atoms with van der Waals surface area (Å²) in [6, 6.07) is 4.85. The third-order valence-electron chi connectivity index (χ3n) is 2.08. The van der Waals surface area contributed by atoms with Crippen molar-refractivity contribution in [3.8, 4) is 0 Å². The number of benzene rings is 1. The van der Waals surface area contributed by atoms with Crippen molar-refractivity contribution >= 4 is 40.1 Å². The van der Waals surface area contributed by atoms with Crippen LogP contribution in [0.3, 0.4) is 0 Å². The molecule has 14 heavy (non-hydrogen) atoms. The predicted molar refractivity (Wildman–Crippen MR) is 60.5 cm³/mol. The van der Waals surface area contributed by atoms with Crippen LogP contribution >= 0.6 is 24.2 Å². The molecule has 0 atom stereocenters. The molecule has 0 saturated carbocycles. The molecule has 0 fully saturated rings. The summed E-state index contributed by atoms with van der Waals surface area (Å²) in [7, 11) is -3.32. The molecule has 0 aromatic heterocycles. The van der Waals surface area contributed by atoms with Gasteiger partial charge in [0, 0.05) is 10.8 Å². The van der Waals surface area contributed by atoms with Gasteiger partial charge in [0.1, 0.15) is 0 Å². The van der Waals surface area contributed by atoms with E-state index in [2.05, 4.69) is 12.6 Å². The first-order valence-electron chi connectivity index (χ1n) is 3.92. The van der Waals surface area contributed by atoms with Gasteiger partial charge in [-0.1, -0.05) is 17.7 Å². The SMILES string of the molecule is O=S1(=O)C(CS)=Cc2ccc(Cl)cc21. The summed E-state index contributed by atoms with van der Waals surface area (Å²) in [6.45, 7) is 0. The van der Waals surface area contributed by atoms with Gasteiger partial charge >= 0.3 is 0 Å². The highest BCUT2D eigenvalue weighted by Crippen LogP contribution is 2.34. The Labute approximate surface area is 92.9 Å². The van der Waals surface area contributed by atoms with E-state index >= 15 is 0 Å². The zero-order valence-electron chi connectivity index (χ0n) is 7.07. The topological polar surface area (TPSA) is 34.1 Å². The summed E-state index contributed by atoms with van der Waals surface area (Å²) >= 11 is 9.71. The van der Waals surface area contributed by atoms with Crippen molar-refractivity contribution in [2.24, 2.45) is 0 Å². The molecule has 0 aliphatic carbocycles. The molecule has 5 heteroatoms. The quantitative estimate of drug-likeness (QED) is 0.773. The van der Waals surface area contributed by atoms with E-state index < -0.39 is 9.84 Å². The first-order chi connectivity index (χ1) is 6.55. The van der Waals surface area contributed by atoms with E-state index in [0.29, 0.717) is 15.5 Å². The van der Waals surface area contributed by atoms with Gasteiger partial charge in [-0.3, -0.25) is 0 Å². The van der Waals surface area contributed by atoms with Crippen molar-refractivity contribution in [2.45, 2.75) is 4.90 Å². The highest BCUT2D eigenvalue weighted by atomic mass is 35.5. The molecule has 0 bridgehead atoms. The largest absolute Gasteiger partial charge is 0.219 e. The number of rotatable bonds is 1. The molecule has 0 N–H and O–H groups in total. The molecule has 0 unspecified atom stereocenters. The second-order valence-electron chi connectivity index (χ2n) is 2.95. The molecule has 1 aliphatic rings. The molecular weight excluding hydrogens is 240 g/mol. The van der Waals surface area contributed by atoms with Crippen LogP contribution in [-0.4, -0.2) is 14.2 Å². The minimum atomic E-state index is -3.32. The van der Waals surface area contributed by atoms with Crippen molar-refractivity contribution in [3.05, 3.63) is 33.7 Å². The number of sulfone groups is 1. The van der Waals surface area contributed by atoms with Crippen LogP contribution in [0.4, 0.5) is 0 Å². The van der Waals surface area contributed by atoms with Gasteiger partial charge in [0.2, 0.25) is 9.84 Å². The Hall–Kier alpha value is -0.450. The first kappa shape index (κ1) is 10.1. The van der Waals surface area contributed by atoms with Crippen LogP contribution in [0, 0.1) is 0 Å². The molecule has 1 heterocycles. The van der Waals surface area contributed by atoms with Gasteiger partial charge in [0.25, 0.3) is 0 Å². The standard InChI is InChI=1S/C9H7ClO2S2/c10-7-2-1-6-3-8(5-13)14(11,12)9(6)4-7/h1-4,13H,5H2. The smallest absolute Gasteiger partial charge is 0.204 e. The average Bonchev–Trinajstić information content (AvgIpc) is 2.38. The molecule has 0 radical (unpaired) electrons. The van der Waals surface area contributed by atoms with E-state index in [1.807, 2.05) is 0 Å². The summed E-state index contributed by atoms with van der Waals surface area (Å²) in [6.07, 6.45) is 1.63. The van der Waals surface area contributed by atoms with Gasteiger partial charge in [0.15, 0.2) is 0 Å². The van der Waals surface area contributed by atoms with E-state index in [1.165, 1.54) is 6.07 Å². The Morgan fingerprint density at radius 3 is 2.71 bits per heavy atom. The maximum Gasteiger partial charge on any atom is 0.204 e. The third-order valence-corrected chi connectivity index (χ3v) is 4.76. The third kappa shape index (κ3) is 1.38. The zero-order chi connectivity index (χ0) is 10.3. The van der Waals surface area contributed by atoms with Crippen LogP contribution in [0.1, 0.15) is 5.56 Å². The summed E-state index contributed by atoms with van der Waals surface area (Å²) < 4.78 is 23.6. The van der Waals surface area contributed by atoms with Crippen LogP contribution in [0.25, 0.3) is 6.08 Å². The van der Waals surface area contributed by atoms with Crippen molar-refractivity contribution in [2.75, 3.05) is 5.75 Å². The predicted octanol–water partition coefficient (Wildman–Crippen LogP) is 2.40. The fraction of sp³-hybridized carbons (Fsp3) is 0.111. The summed E-state index contributed by atoms with van der Waals surface area (Å²) in [4.78, 5) is 0.618. The Morgan fingerprint density at radius 2 is 2.07 bits per heavy atom. The number of hydrogen-bond acceptors (Lipinski definition) is 3. The van der Waals surface area contributed by atoms with Crippen LogP contribution in [0.2, 0.25) is 5.02 Å². The molecule has 0 saturated heterocycles. The Morgan fingerprint density at radius 1 is 1.36 bits per heavy atom. The van der Waals surface area contributed by atoms with Gasteiger partial charge in [-0.2, -0.15) is 12.6 Å². The van der Waals surface area contributed by atoms with Crippen LogP contribution in [0.15, 0.2) is 28.0 Å². The summed E-state index contributed by atoms with van der Waals surface area (Å²) in [5, 5.41) is 0.432. The lowest BCUT2D eigenvalue weighted by molar-refractivity contribution is 0.603. The molecule has 0 amide bonds. The zero-order valence-corrected chi connectivity index (χ0v) is 9.53. The number of hydrogen-bond donors (Lipinski definition) is 1. The lowest BCUT2D eigenvalue weighted by atomic mass is 10.2. The van der Waals surface area contributed by atoms with Gasteiger partial charge in [-0.15, -0.1) is 0 Å². The van der Waals surface area contributed by atoms with Crippen molar-refractivity contribution in [3.63, 3.8) is 0 Å². The van der Waals surface area contributed by atoms with E-state index in [-0.39, 0.29) is 10.6 Å². The molecule has 2 nitrogen and oxygen atoms in total. The maximum absolute atomic E-state index is 11.8. The second-order valence-corrected chi connectivity index (χ2v) is 5.68. The van der Waals surface area contributed by atoms with Gasteiger partial charge in [-0.05, 0) is 23.8 Å². The molecule has 1 aromatic carbocycles. The van der Waals surface area contributed by atoms with E-state index in [1.54, 1.807) is 18.2 Å². The van der Waals surface area contributed by atoms with Crippen LogP contribution < -0.4 is 0 Å². The molecule has 74 valence electrons. The number of halogens is 1. The minimum Gasteiger partial charge on any atom is -0.219 e. The number of fused-ring (bicyclic) bond motifs is 1. The maximum atomic E-state index is 11.8. The highest BCUT2D eigenvalue weighted by Gasteiger charge is 2.28. The van der Waals surface area contributed by atoms with E-state index in [4.69, 9.17) is 11.6 Å². The minimum absolute atomic E-state index is 0.217.